The van der Waals surface area contributed by atoms with Crippen molar-refractivity contribution in [3.63, 3.8) is 0 Å². The summed E-state index contributed by atoms with van der Waals surface area (Å²) in [5.74, 6) is 0. The van der Waals surface area contributed by atoms with Gasteiger partial charge in [0.15, 0.2) is 0 Å². The van der Waals surface area contributed by atoms with Crippen molar-refractivity contribution in [1.29, 1.82) is 0 Å². The van der Waals surface area contributed by atoms with Gasteiger partial charge in [-0.2, -0.15) is 8.42 Å². The summed E-state index contributed by atoms with van der Waals surface area (Å²) in [5, 5.41) is 0. The lowest BCUT2D eigenvalue weighted by atomic mass is 10.1. The van der Waals surface area contributed by atoms with E-state index >= 15 is 0 Å². The standard InChI is InChI=1S/C12H10O3S.C5H5N/c13-16(14,15)12-8-6-11(7-9-12)10-4-2-1-3-5-10;1-2-4-6-5-3-1/h1-9H,(H,13,14,15);1-5H. The average Bonchev–Trinajstić information content (AvgIpc) is 2.57. The second kappa shape index (κ2) is 7.49. The third kappa shape index (κ3) is 4.80. The van der Waals surface area contributed by atoms with Gasteiger partial charge in [0.2, 0.25) is 0 Å². The minimum absolute atomic E-state index is 0.0906. The topological polar surface area (TPSA) is 67.3 Å². The van der Waals surface area contributed by atoms with Crippen LogP contribution in [-0.2, 0) is 10.1 Å². The van der Waals surface area contributed by atoms with E-state index in [1.54, 1.807) is 24.5 Å². The van der Waals surface area contributed by atoms with E-state index in [0.717, 1.165) is 11.1 Å². The highest BCUT2D eigenvalue weighted by Crippen LogP contribution is 2.20. The highest BCUT2D eigenvalue weighted by atomic mass is 32.2. The number of hydrogen-bond donors (Lipinski definition) is 1. The maximum Gasteiger partial charge on any atom is 0.294 e. The average molecular weight is 313 g/mol. The first kappa shape index (κ1) is 15.9. The SMILES string of the molecule is O=S(=O)(O)c1ccc(-c2ccccc2)cc1.c1ccncc1. The molecule has 0 aliphatic heterocycles. The molecular formula is C17H15NO3S. The summed E-state index contributed by atoms with van der Waals surface area (Å²) in [6.07, 6.45) is 3.50. The molecule has 0 saturated carbocycles. The first-order valence-corrected chi connectivity index (χ1v) is 7.99. The zero-order valence-corrected chi connectivity index (χ0v) is 12.5. The zero-order valence-electron chi connectivity index (χ0n) is 11.7. The summed E-state index contributed by atoms with van der Waals surface area (Å²) < 4.78 is 30.5. The van der Waals surface area contributed by atoms with E-state index in [9.17, 15) is 8.42 Å². The van der Waals surface area contributed by atoms with Crippen LogP contribution in [0.1, 0.15) is 0 Å². The third-order valence-electron chi connectivity index (χ3n) is 2.83. The van der Waals surface area contributed by atoms with E-state index in [-0.39, 0.29) is 4.90 Å². The normalized spacial score (nSPS) is 10.4. The molecular weight excluding hydrogens is 298 g/mol. The van der Waals surface area contributed by atoms with Gasteiger partial charge in [-0.1, -0.05) is 48.5 Å². The molecule has 0 fully saturated rings. The number of nitrogens with zero attached hydrogens (tertiary/aromatic N) is 1. The molecule has 1 heterocycles. The van der Waals surface area contributed by atoms with Crippen molar-refractivity contribution in [3.05, 3.63) is 85.2 Å². The number of pyridine rings is 1. The molecule has 0 bridgehead atoms. The van der Waals surface area contributed by atoms with Crippen LogP contribution in [0.3, 0.4) is 0 Å². The zero-order chi connectivity index (χ0) is 15.8. The highest BCUT2D eigenvalue weighted by Gasteiger charge is 2.08. The summed E-state index contributed by atoms with van der Waals surface area (Å²) >= 11 is 0. The Balaban J connectivity index is 0.000000246. The van der Waals surface area contributed by atoms with Gasteiger partial charge in [0.1, 0.15) is 0 Å². The number of hydrogen-bond acceptors (Lipinski definition) is 3. The molecule has 1 N–H and O–H groups in total. The molecule has 2 aromatic carbocycles. The monoisotopic (exact) mass is 313 g/mol. The van der Waals surface area contributed by atoms with Crippen molar-refractivity contribution in [2.24, 2.45) is 0 Å². The summed E-state index contributed by atoms with van der Waals surface area (Å²) in [6.45, 7) is 0. The van der Waals surface area contributed by atoms with Crippen molar-refractivity contribution in [1.82, 2.24) is 4.98 Å². The molecule has 4 nitrogen and oxygen atoms in total. The summed E-state index contributed by atoms with van der Waals surface area (Å²) in [6, 6.07) is 21.4. The van der Waals surface area contributed by atoms with Gasteiger partial charge in [0, 0.05) is 12.4 Å². The van der Waals surface area contributed by atoms with Crippen molar-refractivity contribution < 1.29 is 13.0 Å². The first-order valence-electron chi connectivity index (χ1n) is 6.55. The van der Waals surface area contributed by atoms with Gasteiger partial charge in [-0.15, -0.1) is 0 Å². The fraction of sp³-hybridized carbons (Fsp3) is 0. The predicted molar refractivity (Wildman–Crippen MR) is 85.9 cm³/mol. The molecule has 3 rings (SSSR count). The molecule has 0 spiro atoms. The first-order chi connectivity index (χ1) is 10.6. The minimum atomic E-state index is -4.10. The molecule has 0 aliphatic rings. The minimum Gasteiger partial charge on any atom is -0.282 e. The van der Waals surface area contributed by atoms with Crippen LogP contribution in [0.2, 0.25) is 0 Å². The van der Waals surface area contributed by atoms with Gasteiger partial charge in [-0.25, -0.2) is 0 Å². The number of benzene rings is 2. The molecule has 0 atom stereocenters. The molecule has 0 unspecified atom stereocenters. The van der Waals surface area contributed by atoms with Crippen LogP contribution in [0.25, 0.3) is 11.1 Å². The predicted octanol–water partition coefficient (Wildman–Crippen LogP) is 3.68. The Morgan fingerprint density at radius 2 is 1.18 bits per heavy atom. The Morgan fingerprint density at radius 1 is 0.682 bits per heavy atom. The maximum atomic E-state index is 10.8. The largest absolute Gasteiger partial charge is 0.294 e. The molecule has 0 radical (unpaired) electrons. The van der Waals surface area contributed by atoms with Crippen molar-refractivity contribution in [2.75, 3.05) is 0 Å². The Hall–Kier alpha value is -2.50. The smallest absolute Gasteiger partial charge is 0.282 e. The molecule has 3 aromatic rings. The van der Waals surface area contributed by atoms with E-state index in [1.807, 2.05) is 48.5 Å². The van der Waals surface area contributed by atoms with Gasteiger partial charge in [-0.05, 0) is 35.4 Å². The molecule has 112 valence electrons. The summed E-state index contributed by atoms with van der Waals surface area (Å²) in [7, 11) is -4.10. The van der Waals surface area contributed by atoms with E-state index in [2.05, 4.69) is 4.98 Å². The van der Waals surface area contributed by atoms with Gasteiger partial charge in [-0.3, -0.25) is 9.54 Å². The van der Waals surface area contributed by atoms with Gasteiger partial charge in [0.25, 0.3) is 10.1 Å². The Labute approximate surface area is 129 Å². The molecule has 0 aliphatic carbocycles. The van der Waals surface area contributed by atoms with E-state index in [4.69, 9.17) is 4.55 Å². The Morgan fingerprint density at radius 3 is 1.59 bits per heavy atom. The second-order valence-electron chi connectivity index (χ2n) is 4.39. The van der Waals surface area contributed by atoms with Crippen LogP contribution < -0.4 is 0 Å². The summed E-state index contributed by atoms with van der Waals surface area (Å²) in [5.41, 5.74) is 1.91. The van der Waals surface area contributed by atoms with Crippen molar-refractivity contribution in [3.8, 4) is 11.1 Å². The second-order valence-corrected chi connectivity index (χ2v) is 5.81. The lowest BCUT2D eigenvalue weighted by Gasteiger charge is -2.02. The number of rotatable bonds is 2. The lowest BCUT2D eigenvalue weighted by molar-refractivity contribution is 0.483. The molecule has 0 saturated heterocycles. The van der Waals surface area contributed by atoms with Crippen molar-refractivity contribution in [2.45, 2.75) is 4.90 Å². The van der Waals surface area contributed by atoms with E-state index in [1.165, 1.54) is 12.1 Å². The van der Waals surface area contributed by atoms with Crippen LogP contribution >= 0.6 is 0 Å². The maximum absolute atomic E-state index is 10.8. The molecule has 1 aromatic heterocycles. The van der Waals surface area contributed by atoms with Gasteiger partial charge >= 0.3 is 0 Å². The van der Waals surface area contributed by atoms with Crippen LogP contribution in [-0.4, -0.2) is 18.0 Å². The number of aromatic nitrogens is 1. The van der Waals surface area contributed by atoms with Crippen LogP contribution in [0.4, 0.5) is 0 Å². The van der Waals surface area contributed by atoms with E-state index < -0.39 is 10.1 Å². The molecule has 0 amide bonds. The van der Waals surface area contributed by atoms with Crippen molar-refractivity contribution >= 4 is 10.1 Å². The fourth-order valence-electron chi connectivity index (χ4n) is 1.76. The highest BCUT2D eigenvalue weighted by molar-refractivity contribution is 7.85. The fourth-order valence-corrected chi connectivity index (χ4v) is 2.24. The van der Waals surface area contributed by atoms with Gasteiger partial charge in [0.05, 0.1) is 4.90 Å². The molecule has 5 heteroatoms. The Kier molecular flexibility index (Phi) is 5.41. The van der Waals surface area contributed by atoms with Crippen LogP contribution in [0.5, 0.6) is 0 Å². The lowest BCUT2D eigenvalue weighted by Crippen LogP contribution is -1.97. The quantitative estimate of drug-likeness (QED) is 0.733. The van der Waals surface area contributed by atoms with Crippen LogP contribution in [0.15, 0.2) is 90.1 Å². The summed E-state index contributed by atoms with van der Waals surface area (Å²) in [4.78, 5) is 3.69. The third-order valence-corrected chi connectivity index (χ3v) is 3.69. The molecule has 22 heavy (non-hydrogen) atoms. The Bertz CT molecular complexity index is 760. The van der Waals surface area contributed by atoms with Crippen LogP contribution in [0, 0.1) is 0 Å². The van der Waals surface area contributed by atoms with E-state index in [0.29, 0.717) is 0 Å². The van der Waals surface area contributed by atoms with Gasteiger partial charge < -0.3 is 0 Å².